The first-order valence-corrected chi connectivity index (χ1v) is 3.88. The van der Waals surface area contributed by atoms with Gasteiger partial charge in [-0.1, -0.05) is 0 Å². The second kappa shape index (κ2) is 3.69. The molecule has 0 radical (unpaired) electrons. The second-order valence-electron chi connectivity index (χ2n) is 2.57. The van der Waals surface area contributed by atoms with E-state index in [0.29, 0.717) is 19.6 Å². The van der Waals surface area contributed by atoms with Crippen LogP contribution in [0.4, 0.5) is 0 Å². The molecule has 1 fully saturated rings. The Balaban J connectivity index is 2.39. The summed E-state index contributed by atoms with van der Waals surface area (Å²) in [5.74, 6) is -0.312. The molecule has 1 atom stereocenters. The average Bonchev–Trinajstić information content (AvgIpc) is 2.36. The highest BCUT2D eigenvalue weighted by atomic mass is 16.6. The van der Waals surface area contributed by atoms with Gasteiger partial charge in [-0.2, -0.15) is 5.06 Å². The van der Waals surface area contributed by atoms with E-state index in [4.69, 9.17) is 9.94 Å². The summed E-state index contributed by atoms with van der Waals surface area (Å²) in [6.07, 6.45) is 1.56. The molecule has 0 saturated carbocycles. The first-order valence-electron chi connectivity index (χ1n) is 3.88. The first-order chi connectivity index (χ1) is 5.25. The molecule has 11 heavy (non-hydrogen) atoms. The predicted molar refractivity (Wildman–Crippen MR) is 38.1 cm³/mol. The highest BCUT2D eigenvalue weighted by molar-refractivity contribution is 5.75. The summed E-state index contributed by atoms with van der Waals surface area (Å²) < 4.78 is 4.76. The largest absolute Gasteiger partial charge is 0.465 e. The van der Waals surface area contributed by atoms with Crippen molar-refractivity contribution < 1.29 is 14.7 Å². The van der Waals surface area contributed by atoms with Crippen LogP contribution >= 0.6 is 0 Å². The number of carbonyl (C=O) groups excluding carboxylic acids is 1. The normalized spacial score (nSPS) is 25.5. The molecule has 1 aliphatic heterocycles. The number of nitrogens with zero attached hydrogens (tertiary/aromatic N) is 1. The molecule has 4 nitrogen and oxygen atoms in total. The third kappa shape index (κ3) is 1.91. The van der Waals surface area contributed by atoms with Gasteiger partial charge in [0.1, 0.15) is 6.04 Å². The van der Waals surface area contributed by atoms with Crippen LogP contribution < -0.4 is 0 Å². The number of hydrogen-bond acceptors (Lipinski definition) is 4. The molecule has 1 aliphatic rings. The average molecular weight is 159 g/mol. The van der Waals surface area contributed by atoms with Crippen LogP contribution in [0.1, 0.15) is 19.8 Å². The summed E-state index contributed by atoms with van der Waals surface area (Å²) in [5.41, 5.74) is 0. The lowest BCUT2D eigenvalue weighted by Crippen LogP contribution is -2.34. The van der Waals surface area contributed by atoms with Gasteiger partial charge in [0, 0.05) is 6.54 Å². The summed E-state index contributed by atoms with van der Waals surface area (Å²) in [6.45, 7) is 2.71. The van der Waals surface area contributed by atoms with Gasteiger partial charge >= 0.3 is 5.97 Å². The smallest absolute Gasteiger partial charge is 0.325 e. The van der Waals surface area contributed by atoms with E-state index in [1.54, 1.807) is 6.92 Å². The van der Waals surface area contributed by atoms with E-state index in [-0.39, 0.29) is 5.97 Å². The molecule has 0 amide bonds. The molecule has 1 heterocycles. The summed E-state index contributed by atoms with van der Waals surface area (Å²) in [4.78, 5) is 11.0. The molecule has 0 unspecified atom stereocenters. The Labute approximate surface area is 65.7 Å². The lowest BCUT2D eigenvalue weighted by atomic mass is 10.2. The van der Waals surface area contributed by atoms with Crippen LogP contribution in [0.15, 0.2) is 0 Å². The van der Waals surface area contributed by atoms with E-state index in [1.807, 2.05) is 0 Å². The van der Waals surface area contributed by atoms with Crippen LogP contribution in [-0.4, -0.2) is 35.4 Å². The molecule has 0 aliphatic carbocycles. The van der Waals surface area contributed by atoms with Crippen LogP contribution in [0.3, 0.4) is 0 Å². The van der Waals surface area contributed by atoms with Gasteiger partial charge in [0.15, 0.2) is 0 Å². The third-order valence-electron chi connectivity index (χ3n) is 1.78. The van der Waals surface area contributed by atoms with Gasteiger partial charge in [0.2, 0.25) is 0 Å². The highest BCUT2D eigenvalue weighted by Crippen LogP contribution is 2.15. The molecule has 0 aromatic carbocycles. The molecule has 0 aromatic heterocycles. The van der Waals surface area contributed by atoms with E-state index in [9.17, 15) is 4.79 Å². The maximum absolute atomic E-state index is 11.0. The molecule has 4 heteroatoms. The Morgan fingerprint density at radius 3 is 3.00 bits per heavy atom. The molecular formula is C7H13NO3. The quantitative estimate of drug-likeness (QED) is 0.592. The standard InChI is InChI=1S/C7H13NO3/c1-2-11-7(9)6-4-3-5-8(6)10/h6,10H,2-5H2,1H3/t6-/m0/s1. The van der Waals surface area contributed by atoms with Crippen molar-refractivity contribution in [1.29, 1.82) is 0 Å². The second-order valence-corrected chi connectivity index (χ2v) is 2.57. The molecule has 1 N–H and O–H groups in total. The Morgan fingerprint density at radius 2 is 2.55 bits per heavy atom. The molecule has 0 spiro atoms. The van der Waals surface area contributed by atoms with Gasteiger partial charge in [-0.3, -0.25) is 4.79 Å². The minimum Gasteiger partial charge on any atom is -0.465 e. The highest BCUT2D eigenvalue weighted by Gasteiger charge is 2.30. The van der Waals surface area contributed by atoms with Gasteiger partial charge in [-0.15, -0.1) is 0 Å². The predicted octanol–water partition coefficient (Wildman–Crippen LogP) is 0.403. The number of ether oxygens (including phenoxy) is 1. The zero-order chi connectivity index (χ0) is 8.27. The van der Waals surface area contributed by atoms with Crippen LogP contribution in [0.25, 0.3) is 0 Å². The number of esters is 1. The van der Waals surface area contributed by atoms with Gasteiger partial charge in [-0.05, 0) is 19.8 Å². The fourth-order valence-electron chi connectivity index (χ4n) is 1.23. The van der Waals surface area contributed by atoms with Gasteiger partial charge in [-0.25, -0.2) is 0 Å². The van der Waals surface area contributed by atoms with E-state index in [2.05, 4.69) is 0 Å². The van der Waals surface area contributed by atoms with Gasteiger partial charge in [0.25, 0.3) is 0 Å². The monoisotopic (exact) mass is 159 g/mol. The summed E-state index contributed by atoms with van der Waals surface area (Å²) in [6, 6.07) is -0.421. The fraction of sp³-hybridized carbons (Fsp3) is 0.857. The Bertz CT molecular complexity index is 149. The minimum atomic E-state index is -0.421. The SMILES string of the molecule is CCOC(=O)[C@@H]1CCCN1O. The number of hydroxylamine groups is 2. The van der Waals surface area contributed by atoms with E-state index >= 15 is 0 Å². The maximum atomic E-state index is 11.0. The Hall–Kier alpha value is -0.610. The molecule has 1 saturated heterocycles. The van der Waals surface area contributed by atoms with Crippen molar-refractivity contribution in [1.82, 2.24) is 5.06 Å². The summed E-state index contributed by atoms with van der Waals surface area (Å²) >= 11 is 0. The van der Waals surface area contributed by atoms with Crippen molar-refractivity contribution >= 4 is 5.97 Å². The van der Waals surface area contributed by atoms with Crippen molar-refractivity contribution in [3.63, 3.8) is 0 Å². The number of rotatable bonds is 2. The fourth-order valence-corrected chi connectivity index (χ4v) is 1.23. The van der Waals surface area contributed by atoms with Crippen molar-refractivity contribution in [3.05, 3.63) is 0 Å². The van der Waals surface area contributed by atoms with Crippen molar-refractivity contribution in [3.8, 4) is 0 Å². The van der Waals surface area contributed by atoms with Gasteiger partial charge < -0.3 is 9.94 Å². The van der Waals surface area contributed by atoms with Crippen LogP contribution in [0.5, 0.6) is 0 Å². The summed E-state index contributed by atoms with van der Waals surface area (Å²) in [5, 5.41) is 10.2. The lowest BCUT2D eigenvalue weighted by molar-refractivity contribution is -0.166. The van der Waals surface area contributed by atoms with Crippen LogP contribution in [-0.2, 0) is 9.53 Å². The van der Waals surface area contributed by atoms with E-state index < -0.39 is 6.04 Å². The van der Waals surface area contributed by atoms with Crippen molar-refractivity contribution in [2.24, 2.45) is 0 Å². The van der Waals surface area contributed by atoms with Crippen molar-refractivity contribution in [2.45, 2.75) is 25.8 Å². The number of hydrogen-bond donors (Lipinski definition) is 1. The lowest BCUT2D eigenvalue weighted by Gasteiger charge is -2.14. The van der Waals surface area contributed by atoms with Crippen LogP contribution in [0.2, 0.25) is 0 Å². The first kappa shape index (κ1) is 8.49. The molecule has 0 aromatic rings. The number of carbonyl (C=O) groups is 1. The van der Waals surface area contributed by atoms with Crippen molar-refractivity contribution in [2.75, 3.05) is 13.2 Å². The molecular weight excluding hydrogens is 146 g/mol. The maximum Gasteiger partial charge on any atom is 0.325 e. The zero-order valence-corrected chi connectivity index (χ0v) is 6.62. The summed E-state index contributed by atoms with van der Waals surface area (Å²) in [7, 11) is 0. The van der Waals surface area contributed by atoms with Gasteiger partial charge in [0.05, 0.1) is 6.61 Å². The zero-order valence-electron chi connectivity index (χ0n) is 6.62. The minimum absolute atomic E-state index is 0.312. The molecule has 1 rings (SSSR count). The van der Waals surface area contributed by atoms with E-state index in [0.717, 1.165) is 11.5 Å². The Kier molecular flexibility index (Phi) is 2.84. The third-order valence-corrected chi connectivity index (χ3v) is 1.78. The van der Waals surface area contributed by atoms with Crippen LogP contribution in [0, 0.1) is 0 Å². The molecule has 0 bridgehead atoms. The Morgan fingerprint density at radius 1 is 1.82 bits per heavy atom. The topological polar surface area (TPSA) is 49.8 Å². The van der Waals surface area contributed by atoms with E-state index in [1.165, 1.54) is 0 Å². The molecule has 64 valence electrons.